The van der Waals surface area contributed by atoms with Crippen molar-refractivity contribution in [3.05, 3.63) is 18.0 Å². The zero-order chi connectivity index (χ0) is 10.8. The molecule has 1 fully saturated rings. The first-order valence-electron chi connectivity index (χ1n) is 5.18. The fraction of sp³-hybridized carbons (Fsp3) is 0.600. The molecule has 82 valence electrons. The Labute approximate surface area is 87.9 Å². The molecule has 1 heterocycles. The van der Waals surface area contributed by atoms with Gasteiger partial charge in [0, 0.05) is 17.9 Å². The lowest BCUT2D eigenvalue weighted by Crippen LogP contribution is -2.29. The quantitative estimate of drug-likeness (QED) is 0.762. The molecular formula is C10H15N3O2. The summed E-state index contributed by atoms with van der Waals surface area (Å²) in [5.41, 5.74) is 6.70. The van der Waals surface area contributed by atoms with Crippen LogP contribution in [0.2, 0.25) is 0 Å². The predicted octanol–water partition coefficient (Wildman–Crippen LogP) is 0.562. The Bertz CT molecular complexity index is 361. The predicted molar refractivity (Wildman–Crippen MR) is 54.4 cm³/mol. The van der Waals surface area contributed by atoms with Crippen LogP contribution in [0.25, 0.3) is 0 Å². The van der Waals surface area contributed by atoms with Crippen LogP contribution in [-0.2, 0) is 11.2 Å². The van der Waals surface area contributed by atoms with Crippen LogP contribution < -0.4 is 5.73 Å². The van der Waals surface area contributed by atoms with E-state index in [1.165, 1.54) is 0 Å². The molecule has 5 nitrogen and oxygen atoms in total. The maximum absolute atomic E-state index is 10.6. The Morgan fingerprint density at radius 2 is 2.47 bits per heavy atom. The molecule has 0 aliphatic heterocycles. The first-order chi connectivity index (χ1) is 7.18. The van der Waals surface area contributed by atoms with Gasteiger partial charge in [-0.3, -0.25) is 9.48 Å². The number of aliphatic carboxylic acids is 1. The molecule has 1 aromatic rings. The highest BCUT2D eigenvalue weighted by molar-refractivity contribution is 5.69. The van der Waals surface area contributed by atoms with E-state index in [0.29, 0.717) is 0 Å². The lowest BCUT2D eigenvalue weighted by atomic mass is 10.2. The van der Waals surface area contributed by atoms with Gasteiger partial charge in [-0.2, -0.15) is 5.10 Å². The Hall–Kier alpha value is -1.36. The van der Waals surface area contributed by atoms with Gasteiger partial charge >= 0.3 is 5.97 Å². The van der Waals surface area contributed by atoms with E-state index in [0.717, 1.165) is 25.0 Å². The number of nitrogens with zero attached hydrogens (tertiary/aromatic N) is 2. The highest BCUT2D eigenvalue weighted by Crippen LogP contribution is 2.29. The van der Waals surface area contributed by atoms with Crippen molar-refractivity contribution in [2.75, 3.05) is 0 Å². The lowest BCUT2D eigenvalue weighted by molar-refractivity contribution is -0.136. The van der Waals surface area contributed by atoms with Crippen LogP contribution >= 0.6 is 0 Å². The van der Waals surface area contributed by atoms with Crippen molar-refractivity contribution in [3.63, 3.8) is 0 Å². The van der Waals surface area contributed by atoms with Gasteiger partial charge in [0.05, 0.1) is 12.5 Å². The molecule has 5 heteroatoms. The molecule has 1 aliphatic carbocycles. The Morgan fingerprint density at radius 3 is 3.07 bits per heavy atom. The summed E-state index contributed by atoms with van der Waals surface area (Å²) in [4.78, 5) is 10.6. The van der Waals surface area contributed by atoms with E-state index in [2.05, 4.69) is 5.10 Å². The minimum absolute atomic E-state index is 0.0171. The maximum atomic E-state index is 10.6. The molecule has 0 saturated heterocycles. The third-order valence-corrected chi connectivity index (χ3v) is 2.93. The highest BCUT2D eigenvalue weighted by atomic mass is 16.4. The summed E-state index contributed by atoms with van der Waals surface area (Å²) in [6, 6.07) is 2.03. The van der Waals surface area contributed by atoms with Crippen LogP contribution in [0.3, 0.4) is 0 Å². The van der Waals surface area contributed by atoms with Crippen molar-refractivity contribution >= 4 is 5.97 Å². The summed E-state index contributed by atoms with van der Waals surface area (Å²) in [6.45, 7) is 0. The second-order valence-electron chi connectivity index (χ2n) is 4.00. The molecule has 1 aromatic heterocycles. The van der Waals surface area contributed by atoms with E-state index in [1.54, 1.807) is 16.9 Å². The van der Waals surface area contributed by atoms with E-state index >= 15 is 0 Å². The molecule has 1 saturated carbocycles. The molecule has 2 atom stereocenters. The largest absolute Gasteiger partial charge is 0.481 e. The van der Waals surface area contributed by atoms with Crippen molar-refractivity contribution in [1.29, 1.82) is 0 Å². The maximum Gasteiger partial charge on any atom is 0.309 e. The van der Waals surface area contributed by atoms with E-state index < -0.39 is 5.97 Å². The van der Waals surface area contributed by atoms with Gasteiger partial charge in [-0.1, -0.05) is 0 Å². The molecule has 0 bridgehead atoms. The van der Waals surface area contributed by atoms with Gasteiger partial charge in [-0.05, 0) is 25.3 Å². The van der Waals surface area contributed by atoms with Crippen LogP contribution in [0, 0.1) is 0 Å². The van der Waals surface area contributed by atoms with E-state index in [-0.39, 0.29) is 18.5 Å². The molecule has 2 rings (SSSR count). The molecule has 0 amide bonds. The van der Waals surface area contributed by atoms with Gasteiger partial charge in [0.2, 0.25) is 0 Å². The van der Waals surface area contributed by atoms with Gasteiger partial charge in [-0.15, -0.1) is 0 Å². The minimum Gasteiger partial charge on any atom is -0.481 e. The van der Waals surface area contributed by atoms with Crippen molar-refractivity contribution in [2.45, 2.75) is 37.8 Å². The SMILES string of the molecule is NC1CCCC1n1nccc1CC(=O)O. The molecular weight excluding hydrogens is 194 g/mol. The van der Waals surface area contributed by atoms with E-state index in [4.69, 9.17) is 10.8 Å². The average molecular weight is 209 g/mol. The first kappa shape index (κ1) is 10.2. The average Bonchev–Trinajstić information content (AvgIpc) is 2.73. The van der Waals surface area contributed by atoms with Crippen molar-refractivity contribution in [2.24, 2.45) is 5.73 Å². The number of carboxylic acid groups (broad SMARTS) is 1. The Kier molecular flexibility index (Phi) is 2.73. The van der Waals surface area contributed by atoms with E-state index in [9.17, 15) is 4.79 Å². The van der Waals surface area contributed by atoms with Crippen LogP contribution in [0.1, 0.15) is 31.0 Å². The molecule has 1 aliphatic rings. The number of carbonyl (C=O) groups is 1. The van der Waals surface area contributed by atoms with Crippen LogP contribution in [0.15, 0.2) is 12.3 Å². The summed E-state index contributed by atoms with van der Waals surface area (Å²) >= 11 is 0. The lowest BCUT2D eigenvalue weighted by Gasteiger charge is -2.18. The van der Waals surface area contributed by atoms with Gasteiger partial charge in [0.25, 0.3) is 0 Å². The molecule has 3 N–H and O–H groups in total. The van der Waals surface area contributed by atoms with Crippen molar-refractivity contribution in [1.82, 2.24) is 9.78 Å². The summed E-state index contributed by atoms with van der Waals surface area (Å²) in [6.07, 6.45) is 4.75. The minimum atomic E-state index is -0.830. The molecule has 15 heavy (non-hydrogen) atoms. The first-order valence-corrected chi connectivity index (χ1v) is 5.18. The number of hydrogen-bond donors (Lipinski definition) is 2. The fourth-order valence-corrected chi connectivity index (χ4v) is 2.21. The zero-order valence-corrected chi connectivity index (χ0v) is 8.47. The topological polar surface area (TPSA) is 81.1 Å². The van der Waals surface area contributed by atoms with E-state index in [1.807, 2.05) is 0 Å². The van der Waals surface area contributed by atoms with Gasteiger partial charge in [0.1, 0.15) is 0 Å². The number of rotatable bonds is 3. The monoisotopic (exact) mass is 209 g/mol. The zero-order valence-electron chi connectivity index (χ0n) is 8.47. The van der Waals surface area contributed by atoms with Gasteiger partial charge in [0.15, 0.2) is 0 Å². The van der Waals surface area contributed by atoms with Gasteiger partial charge in [-0.25, -0.2) is 0 Å². The summed E-state index contributed by atoms with van der Waals surface area (Å²) < 4.78 is 1.78. The smallest absolute Gasteiger partial charge is 0.309 e. The highest BCUT2D eigenvalue weighted by Gasteiger charge is 2.27. The summed E-state index contributed by atoms with van der Waals surface area (Å²) in [5, 5.41) is 12.9. The second-order valence-corrected chi connectivity index (χ2v) is 4.00. The Morgan fingerprint density at radius 1 is 1.67 bits per heavy atom. The van der Waals surface area contributed by atoms with Crippen molar-refractivity contribution < 1.29 is 9.90 Å². The van der Waals surface area contributed by atoms with Crippen molar-refractivity contribution in [3.8, 4) is 0 Å². The third-order valence-electron chi connectivity index (χ3n) is 2.93. The second kappa shape index (κ2) is 4.02. The number of carboxylic acids is 1. The molecule has 0 spiro atoms. The molecule has 0 radical (unpaired) electrons. The van der Waals surface area contributed by atoms with Crippen LogP contribution in [-0.4, -0.2) is 26.9 Å². The summed E-state index contributed by atoms with van der Waals surface area (Å²) in [5.74, 6) is -0.830. The number of hydrogen-bond acceptors (Lipinski definition) is 3. The molecule has 0 aromatic carbocycles. The standard InChI is InChI=1S/C10H15N3O2/c11-8-2-1-3-9(8)13-7(4-5-12-13)6-10(14)15/h4-5,8-9H,1-3,6,11H2,(H,14,15). The Balaban J connectivity index is 2.20. The third kappa shape index (κ3) is 2.02. The van der Waals surface area contributed by atoms with Gasteiger partial charge < -0.3 is 10.8 Å². The number of aromatic nitrogens is 2. The summed E-state index contributed by atoms with van der Waals surface area (Å²) in [7, 11) is 0. The van der Waals surface area contributed by atoms with Crippen LogP contribution in [0.4, 0.5) is 0 Å². The fourth-order valence-electron chi connectivity index (χ4n) is 2.21. The molecule has 2 unspecified atom stereocenters. The normalized spacial score (nSPS) is 25.7. The number of nitrogens with two attached hydrogens (primary N) is 1. The van der Waals surface area contributed by atoms with Crippen LogP contribution in [0.5, 0.6) is 0 Å².